The van der Waals surface area contributed by atoms with Gasteiger partial charge in [-0.3, -0.25) is 4.90 Å². The van der Waals surface area contributed by atoms with Crippen LogP contribution in [0.2, 0.25) is 0 Å². The number of aryl methyl sites for hydroxylation is 3. The molecule has 0 saturated carbocycles. The Hall–Kier alpha value is -1.03. The first-order valence-corrected chi connectivity index (χ1v) is 5.45. The Labute approximate surface area is 100 Å². The van der Waals surface area contributed by atoms with Crippen molar-refractivity contribution in [3.05, 3.63) is 34.4 Å². The van der Waals surface area contributed by atoms with Gasteiger partial charge in [-0.05, 0) is 57.1 Å². The third kappa shape index (κ3) is 3.00. The summed E-state index contributed by atoms with van der Waals surface area (Å²) in [6.07, 6.45) is -4.25. The summed E-state index contributed by atoms with van der Waals surface area (Å²) in [6, 6.07) is 1.91. The molecule has 0 N–H and O–H groups in total. The lowest BCUT2D eigenvalue weighted by molar-refractivity contribution is -0.179. The second-order valence-corrected chi connectivity index (χ2v) is 4.70. The number of rotatable bonds is 2. The van der Waals surface area contributed by atoms with Crippen molar-refractivity contribution in [1.29, 1.82) is 0 Å². The lowest BCUT2D eigenvalue weighted by atomic mass is 9.95. The number of nitrogens with zero attached hydrogens (tertiary/aromatic N) is 1. The number of benzene rings is 1. The fourth-order valence-corrected chi connectivity index (χ4v) is 2.02. The summed E-state index contributed by atoms with van der Waals surface area (Å²) in [5, 5.41) is 0. The van der Waals surface area contributed by atoms with Crippen LogP contribution in [-0.2, 0) is 0 Å². The van der Waals surface area contributed by atoms with Gasteiger partial charge in [0.25, 0.3) is 0 Å². The summed E-state index contributed by atoms with van der Waals surface area (Å²) in [6.45, 7) is 5.47. The molecule has 1 aromatic rings. The van der Waals surface area contributed by atoms with Gasteiger partial charge in [-0.25, -0.2) is 0 Å². The first kappa shape index (κ1) is 14.0. The smallest absolute Gasteiger partial charge is 0.295 e. The maximum atomic E-state index is 13.0. The fourth-order valence-electron chi connectivity index (χ4n) is 2.02. The summed E-state index contributed by atoms with van der Waals surface area (Å²) < 4.78 is 39.1. The van der Waals surface area contributed by atoms with Crippen LogP contribution in [0.1, 0.15) is 28.3 Å². The van der Waals surface area contributed by atoms with E-state index in [1.807, 2.05) is 19.9 Å². The van der Waals surface area contributed by atoms with Gasteiger partial charge in [0.2, 0.25) is 0 Å². The second-order valence-electron chi connectivity index (χ2n) is 4.70. The molecule has 0 aliphatic rings. The molecular weight excluding hydrogens is 227 g/mol. The van der Waals surface area contributed by atoms with E-state index in [-0.39, 0.29) is 0 Å². The van der Waals surface area contributed by atoms with E-state index >= 15 is 0 Å². The highest BCUT2D eigenvalue weighted by Crippen LogP contribution is 2.38. The van der Waals surface area contributed by atoms with Gasteiger partial charge in [0, 0.05) is 0 Å². The Bertz CT molecular complexity index is 408. The number of halogens is 3. The molecule has 4 heteroatoms. The Morgan fingerprint density at radius 1 is 0.941 bits per heavy atom. The highest BCUT2D eigenvalue weighted by Gasteiger charge is 2.43. The Kier molecular flexibility index (Phi) is 3.87. The van der Waals surface area contributed by atoms with Crippen molar-refractivity contribution in [2.75, 3.05) is 14.1 Å². The van der Waals surface area contributed by atoms with E-state index < -0.39 is 12.2 Å². The van der Waals surface area contributed by atoms with Crippen LogP contribution in [0.4, 0.5) is 13.2 Å². The van der Waals surface area contributed by atoms with Crippen molar-refractivity contribution < 1.29 is 13.2 Å². The lowest BCUT2D eigenvalue weighted by Crippen LogP contribution is -2.34. The van der Waals surface area contributed by atoms with Gasteiger partial charge >= 0.3 is 6.18 Å². The minimum absolute atomic E-state index is 0.339. The third-order valence-electron chi connectivity index (χ3n) is 3.00. The molecule has 1 rings (SSSR count). The first-order chi connectivity index (χ1) is 7.64. The van der Waals surface area contributed by atoms with Gasteiger partial charge in [0.15, 0.2) is 0 Å². The molecule has 0 aliphatic carbocycles. The predicted octanol–water partition coefficient (Wildman–Crippen LogP) is 3.78. The molecular formula is C13H18F3N. The predicted molar refractivity (Wildman–Crippen MR) is 63.1 cm³/mol. The lowest BCUT2D eigenvalue weighted by Gasteiger charge is -2.29. The summed E-state index contributed by atoms with van der Waals surface area (Å²) in [7, 11) is 2.90. The van der Waals surface area contributed by atoms with Crippen molar-refractivity contribution in [2.24, 2.45) is 0 Å². The van der Waals surface area contributed by atoms with Crippen molar-refractivity contribution in [1.82, 2.24) is 4.90 Å². The van der Waals surface area contributed by atoms with Crippen LogP contribution in [0.15, 0.2) is 12.1 Å². The van der Waals surface area contributed by atoms with Gasteiger partial charge in [-0.15, -0.1) is 0 Å². The van der Waals surface area contributed by atoms with E-state index in [0.717, 1.165) is 11.1 Å². The zero-order valence-corrected chi connectivity index (χ0v) is 10.8. The SMILES string of the molecule is Cc1cc(C)c(C(N(C)C)C(F)(F)F)cc1C. The van der Waals surface area contributed by atoms with Crippen molar-refractivity contribution >= 4 is 0 Å². The van der Waals surface area contributed by atoms with Crippen LogP contribution in [-0.4, -0.2) is 25.2 Å². The van der Waals surface area contributed by atoms with Crippen molar-refractivity contribution in [3.8, 4) is 0 Å². The van der Waals surface area contributed by atoms with Crippen LogP contribution in [0.5, 0.6) is 0 Å². The minimum atomic E-state index is -4.25. The standard InChI is InChI=1S/C13H18F3N/c1-8-6-10(3)11(7-9(8)2)12(17(4)5)13(14,15)16/h6-7,12H,1-5H3. The van der Waals surface area contributed by atoms with Crippen LogP contribution in [0, 0.1) is 20.8 Å². The molecule has 1 unspecified atom stereocenters. The molecule has 1 atom stereocenters. The summed E-state index contributed by atoms with van der Waals surface area (Å²) in [5.41, 5.74) is 2.93. The molecule has 0 saturated heterocycles. The quantitative estimate of drug-likeness (QED) is 0.766. The molecule has 0 heterocycles. The molecule has 0 amide bonds. The zero-order valence-electron chi connectivity index (χ0n) is 10.8. The molecule has 96 valence electrons. The average Bonchev–Trinajstić information content (AvgIpc) is 2.11. The molecule has 0 spiro atoms. The molecule has 1 aromatic carbocycles. The third-order valence-corrected chi connectivity index (χ3v) is 3.00. The Balaban J connectivity index is 3.34. The van der Waals surface area contributed by atoms with E-state index in [1.54, 1.807) is 13.0 Å². The van der Waals surface area contributed by atoms with E-state index in [9.17, 15) is 13.2 Å². The molecule has 0 radical (unpaired) electrons. The van der Waals surface area contributed by atoms with Crippen LogP contribution in [0.3, 0.4) is 0 Å². The zero-order chi connectivity index (χ0) is 13.4. The largest absolute Gasteiger partial charge is 0.408 e. The highest BCUT2D eigenvalue weighted by atomic mass is 19.4. The molecule has 0 bridgehead atoms. The molecule has 1 nitrogen and oxygen atoms in total. The molecule has 0 aromatic heterocycles. The van der Waals surface area contributed by atoms with Crippen LogP contribution in [0.25, 0.3) is 0 Å². The van der Waals surface area contributed by atoms with Gasteiger partial charge in [-0.2, -0.15) is 13.2 Å². The average molecular weight is 245 g/mol. The summed E-state index contributed by atoms with van der Waals surface area (Å²) in [5.74, 6) is 0. The molecule has 17 heavy (non-hydrogen) atoms. The van der Waals surface area contributed by atoms with Gasteiger partial charge in [-0.1, -0.05) is 12.1 Å². The molecule has 0 fully saturated rings. The summed E-state index contributed by atoms with van der Waals surface area (Å²) in [4.78, 5) is 1.21. The highest BCUT2D eigenvalue weighted by molar-refractivity contribution is 5.38. The van der Waals surface area contributed by atoms with Crippen LogP contribution < -0.4 is 0 Å². The van der Waals surface area contributed by atoms with E-state index in [0.29, 0.717) is 11.1 Å². The van der Waals surface area contributed by atoms with Gasteiger partial charge in [0.1, 0.15) is 6.04 Å². The minimum Gasteiger partial charge on any atom is -0.295 e. The number of hydrogen-bond donors (Lipinski definition) is 0. The number of hydrogen-bond acceptors (Lipinski definition) is 1. The normalized spacial score (nSPS) is 14.2. The maximum Gasteiger partial charge on any atom is 0.408 e. The van der Waals surface area contributed by atoms with E-state index in [4.69, 9.17) is 0 Å². The van der Waals surface area contributed by atoms with Crippen molar-refractivity contribution in [3.63, 3.8) is 0 Å². The number of alkyl halides is 3. The van der Waals surface area contributed by atoms with Crippen molar-refractivity contribution in [2.45, 2.75) is 33.0 Å². The maximum absolute atomic E-state index is 13.0. The summed E-state index contributed by atoms with van der Waals surface area (Å²) >= 11 is 0. The van der Waals surface area contributed by atoms with E-state index in [2.05, 4.69) is 0 Å². The Morgan fingerprint density at radius 2 is 1.41 bits per heavy atom. The van der Waals surface area contributed by atoms with Crippen LogP contribution >= 0.6 is 0 Å². The second kappa shape index (κ2) is 4.69. The monoisotopic (exact) mass is 245 g/mol. The Morgan fingerprint density at radius 3 is 1.82 bits per heavy atom. The molecule has 0 aliphatic heterocycles. The topological polar surface area (TPSA) is 3.24 Å². The van der Waals surface area contributed by atoms with Gasteiger partial charge < -0.3 is 0 Å². The fraction of sp³-hybridized carbons (Fsp3) is 0.538. The van der Waals surface area contributed by atoms with E-state index in [1.165, 1.54) is 19.0 Å². The van der Waals surface area contributed by atoms with Gasteiger partial charge in [0.05, 0.1) is 0 Å². The first-order valence-electron chi connectivity index (χ1n) is 5.45.